The van der Waals surface area contributed by atoms with Crippen molar-refractivity contribution in [1.29, 1.82) is 0 Å². The van der Waals surface area contributed by atoms with E-state index in [1.54, 1.807) is 12.4 Å². The highest BCUT2D eigenvalue weighted by Crippen LogP contribution is 2.35. The van der Waals surface area contributed by atoms with Crippen molar-refractivity contribution in [3.05, 3.63) is 46.5 Å². The van der Waals surface area contributed by atoms with Crippen LogP contribution in [0.5, 0.6) is 0 Å². The molecule has 3 nitrogen and oxygen atoms in total. The second-order valence-electron chi connectivity index (χ2n) is 4.45. The number of rotatable bonds is 3. The van der Waals surface area contributed by atoms with E-state index in [1.165, 1.54) is 6.07 Å². The maximum absolute atomic E-state index is 12.7. The summed E-state index contributed by atoms with van der Waals surface area (Å²) in [6.45, 7) is 1.84. The Morgan fingerprint density at radius 2 is 2.05 bits per heavy atom. The van der Waals surface area contributed by atoms with E-state index in [0.29, 0.717) is 10.2 Å². The lowest BCUT2D eigenvalue weighted by molar-refractivity contribution is -0.137. The van der Waals surface area contributed by atoms with Gasteiger partial charge >= 0.3 is 6.18 Å². The van der Waals surface area contributed by atoms with Crippen molar-refractivity contribution < 1.29 is 13.2 Å². The molecular weight excluding hydrogens is 335 g/mol. The standard InChI is InChI=1S/C13H13BrF3N3/c1-8(12-18-5-6-20(12)2)19-11-7-9(13(15,16)17)3-4-10(11)14/h3-8,19H,1-2H3. The average Bonchev–Trinajstić information content (AvgIpc) is 2.77. The zero-order valence-electron chi connectivity index (χ0n) is 10.9. The number of imidazole rings is 1. The van der Waals surface area contributed by atoms with E-state index < -0.39 is 11.7 Å². The van der Waals surface area contributed by atoms with Crippen LogP contribution in [0.25, 0.3) is 0 Å². The summed E-state index contributed by atoms with van der Waals surface area (Å²) in [5.74, 6) is 0.745. The molecule has 0 saturated carbocycles. The van der Waals surface area contributed by atoms with Crippen LogP contribution < -0.4 is 5.32 Å². The highest BCUT2D eigenvalue weighted by atomic mass is 79.9. The Hall–Kier alpha value is -1.50. The van der Waals surface area contributed by atoms with Gasteiger partial charge in [0.05, 0.1) is 11.6 Å². The van der Waals surface area contributed by atoms with Gasteiger partial charge in [0.1, 0.15) is 5.82 Å². The first-order chi connectivity index (χ1) is 9.29. The largest absolute Gasteiger partial charge is 0.416 e. The Labute approximate surface area is 123 Å². The van der Waals surface area contributed by atoms with Gasteiger partial charge in [-0.15, -0.1) is 0 Å². The van der Waals surface area contributed by atoms with E-state index in [4.69, 9.17) is 0 Å². The van der Waals surface area contributed by atoms with Crippen LogP contribution >= 0.6 is 15.9 Å². The maximum Gasteiger partial charge on any atom is 0.416 e. The molecule has 0 spiro atoms. The lowest BCUT2D eigenvalue weighted by Gasteiger charge is -2.17. The molecule has 1 unspecified atom stereocenters. The Morgan fingerprint density at radius 3 is 2.60 bits per heavy atom. The van der Waals surface area contributed by atoms with E-state index in [0.717, 1.165) is 18.0 Å². The summed E-state index contributed by atoms with van der Waals surface area (Å²) < 4.78 is 40.5. The van der Waals surface area contributed by atoms with Gasteiger partial charge in [0, 0.05) is 29.6 Å². The van der Waals surface area contributed by atoms with Crippen LogP contribution in [-0.2, 0) is 13.2 Å². The Balaban J connectivity index is 2.27. The van der Waals surface area contributed by atoms with Gasteiger partial charge in [-0.2, -0.15) is 13.2 Å². The number of anilines is 1. The fourth-order valence-electron chi connectivity index (χ4n) is 1.90. The first kappa shape index (κ1) is 14.9. The van der Waals surface area contributed by atoms with Crippen LogP contribution in [0.2, 0.25) is 0 Å². The first-order valence-electron chi connectivity index (χ1n) is 5.89. The first-order valence-corrected chi connectivity index (χ1v) is 6.69. The molecule has 7 heteroatoms. The van der Waals surface area contributed by atoms with Gasteiger partial charge in [-0.05, 0) is 41.1 Å². The highest BCUT2D eigenvalue weighted by Gasteiger charge is 2.31. The lowest BCUT2D eigenvalue weighted by Crippen LogP contribution is -2.13. The quantitative estimate of drug-likeness (QED) is 0.893. The molecule has 2 aromatic rings. The second-order valence-corrected chi connectivity index (χ2v) is 5.31. The monoisotopic (exact) mass is 347 g/mol. The van der Waals surface area contributed by atoms with Crippen molar-refractivity contribution >= 4 is 21.6 Å². The van der Waals surface area contributed by atoms with Crippen LogP contribution in [-0.4, -0.2) is 9.55 Å². The van der Waals surface area contributed by atoms with Crippen molar-refractivity contribution in [2.24, 2.45) is 7.05 Å². The number of nitrogens with zero attached hydrogens (tertiary/aromatic N) is 2. The van der Waals surface area contributed by atoms with Gasteiger partial charge in [-0.1, -0.05) is 0 Å². The molecule has 1 N–H and O–H groups in total. The van der Waals surface area contributed by atoms with Crippen molar-refractivity contribution in [3.8, 4) is 0 Å². The number of benzene rings is 1. The molecule has 1 aromatic carbocycles. The third-order valence-electron chi connectivity index (χ3n) is 2.91. The van der Waals surface area contributed by atoms with Crippen LogP contribution in [0.3, 0.4) is 0 Å². The predicted molar refractivity (Wildman–Crippen MR) is 74.4 cm³/mol. The number of hydrogen-bond donors (Lipinski definition) is 1. The Morgan fingerprint density at radius 1 is 1.35 bits per heavy atom. The van der Waals surface area contributed by atoms with Crippen LogP contribution in [0.1, 0.15) is 24.4 Å². The Bertz CT molecular complexity index is 607. The van der Waals surface area contributed by atoms with Crippen molar-refractivity contribution in [3.63, 3.8) is 0 Å². The number of aryl methyl sites for hydroxylation is 1. The molecule has 20 heavy (non-hydrogen) atoms. The lowest BCUT2D eigenvalue weighted by atomic mass is 10.2. The number of halogens is 4. The summed E-state index contributed by atoms with van der Waals surface area (Å²) in [4.78, 5) is 4.18. The van der Waals surface area contributed by atoms with E-state index in [1.807, 2.05) is 18.5 Å². The topological polar surface area (TPSA) is 29.9 Å². The molecule has 0 radical (unpaired) electrons. The van der Waals surface area contributed by atoms with E-state index >= 15 is 0 Å². The summed E-state index contributed by atoms with van der Waals surface area (Å²) in [7, 11) is 1.84. The average molecular weight is 348 g/mol. The molecule has 0 fully saturated rings. The van der Waals surface area contributed by atoms with Crippen LogP contribution in [0.15, 0.2) is 35.1 Å². The molecule has 0 aliphatic heterocycles. The van der Waals surface area contributed by atoms with E-state index in [-0.39, 0.29) is 6.04 Å². The van der Waals surface area contributed by atoms with Gasteiger partial charge in [-0.25, -0.2) is 4.98 Å². The zero-order chi connectivity index (χ0) is 14.9. The second kappa shape index (κ2) is 5.47. The van der Waals surface area contributed by atoms with Crippen LogP contribution in [0.4, 0.5) is 18.9 Å². The van der Waals surface area contributed by atoms with Crippen molar-refractivity contribution in [2.45, 2.75) is 19.1 Å². The number of nitrogens with one attached hydrogen (secondary N) is 1. The predicted octanol–water partition coefficient (Wildman–Crippen LogP) is 4.37. The highest BCUT2D eigenvalue weighted by molar-refractivity contribution is 9.10. The molecule has 108 valence electrons. The molecular formula is C13H13BrF3N3. The molecule has 1 atom stereocenters. The van der Waals surface area contributed by atoms with Gasteiger partial charge < -0.3 is 9.88 Å². The maximum atomic E-state index is 12.7. The molecule has 1 aromatic heterocycles. The Kier molecular flexibility index (Phi) is 4.08. The molecule has 0 bridgehead atoms. The van der Waals surface area contributed by atoms with Gasteiger partial charge in [0.2, 0.25) is 0 Å². The smallest absolute Gasteiger partial charge is 0.374 e. The summed E-state index contributed by atoms with van der Waals surface area (Å²) in [6, 6.07) is 3.30. The van der Waals surface area contributed by atoms with Crippen LogP contribution in [0, 0.1) is 0 Å². The third kappa shape index (κ3) is 3.15. The minimum atomic E-state index is -4.36. The van der Waals surface area contributed by atoms with Crippen molar-refractivity contribution in [1.82, 2.24) is 9.55 Å². The molecule has 0 saturated heterocycles. The number of aromatic nitrogens is 2. The fourth-order valence-corrected chi connectivity index (χ4v) is 2.27. The minimum absolute atomic E-state index is 0.213. The van der Waals surface area contributed by atoms with Gasteiger partial charge in [0.25, 0.3) is 0 Å². The fraction of sp³-hybridized carbons (Fsp3) is 0.308. The molecule has 1 heterocycles. The molecule has 2 rings (SSSR count). The SMILES string of the molecule is CC(Nc1cc(C(F)(F)F)ccc1Br)c1nccn1C. The molecule has 0 aliphatic carbocycles. The zero-order valence-corrected chi connectivity index (χ0v) is 12.5. The number of alkyl halides is 3. The normalized spacial score (nSPS) is 13.3. The molecule has 0 aliphatic rings. The van der Waals surface area contributed by atoms with E-state index in [9.17, 15) is 13.2 Å². The van der Waals surface area contributed by atoms with Gasteiger partial charge in [0.15, 0.2) is 0 Å². The summed E-state index contributed by atoms with van der Waals surface area (Å²) in [5, 5.41) is 3.04. The summed E-state index contributed by atoms with van der Waals surface area (Å²) >= 11 is 3.25. The van der Waals surface area contributed by atoms with E-state index in [2.05, 4.69) is 26.2 Å². The van der Waals surface area contributed by atoms with Crippen molar-refractivity contribution in [2.75, 3.05) is 5.32 Å². The third-order valence-corrected chi connectivity index (χ3v) is 3.60. The van der Waals surface area contributed by atoms with Gasteiger partial charge in [-0.3, -0.25) is 0 Å². The summed E-state index contributed by atoms with van der Waals surface area (Å²) in [6.07, 6.45) is -0.924. The molecule has 0 amide bonds. The number of hydrogen-bond acceptors (Lipinski definition) is 2. The minimum Gasteiger partial charge on any atom is -0.374 e. The summed E-state index contributed by atoms with van der Waals surface area (Å²) in [5.41, 5.74) is -0.300.